The fourth-order valence-corrected chi connectivity index (χ4v) is 3.71. The van der Waals surface area contributed by atoms with Crippen molar-refractivity contribution in [1.29, 1.82) is 0 Å². The number of likely N-dealkylation sites (N-methyl/N-ethyl adjacent to an activating group) is 1. The van der Waals surface area contributed by atoms with Gasteiger partial charge in [0.05, 0.1) is 5.60 Å². The normalized spacial score (nSPS) is 21.1. The second-order valence-corrected chi connectivity index (χ2v) is 7.72. The molecular formula is C18H28Cl2N2O. The van der Waals surface area contributed by atoms with Gasteiger partial charge in [-0.25, -0.2) is 0 Å². The van der Waals surface area contributed by atoms with Crippen molar-refractivity contribution in [2.24, 2.45) is 5.92 Å². The van der Waals surface area contributed by atoms with Gasteiger partial charge in [0.1, 0.15) is 0 Å². The number of piperazine rings is 1. The number of hydrogen-bond donors (Lipinski definition) is 1. The van der Waals surface area contributed by atoms with Gasteiger partial charge in [0.25, 0.3) is 0 Å². The molecular weight excluding hydrogens is 331 g/mol. The molecule has 0 radical (unpaired) electrons. The summed E-state index contributed by atoms with van der Waals surface area (Å²) in [7, 11) is 2.16. The fourth-order valence-electron chi connectivity index (χ4n) is 3.23. The van der Waals surface area contributed by atoms with Gasteiger partial charge in [0.15, 0.2) is 0 Å². The van der Waals surface area contributed by atoms with E-state index in [1.165, 1.54) is 0 Å². The number of nitrogens with zero attached hydrogens (tertiary/aromatic N) is 2. The summed E-state index contributed by atoms with van der Waals surface area (Å²) in [4.78, 5) is 4.80. The maximum atomic E-state index is 11.2. The van der Waals surface area contributed by atoms with Gasteiger partial charge in [-0.2, -0.15) is 0 Å². The standard InChI is InChI=1S/C18H28Cl2N2O/c1-4-18(23,12-15-5-6-16(19)11-17(15)20)14(2)13-22-9-7-21(3)8-10-22/h5-6,11,14,23H,4,7-10,12-13H2,1-3H3. The topological polar surface area (TPSA) is 26.7 Å². The zero-order chi connectivity index (χ0) is 17.0. The highest BCUT2D eigenvalue weighted by atomic mass is 35.5. The molecule has 2 rings (SSSR count). The molecule has 5 heteroatoms. The average Bonchev–Trinajstić information content (AvgIpc) is 2.52. The van der Waals surface area contributed by atoms with Crippen LogP contribution in [0.4, 0.5) is 0 Å². The van der Waals surface area contributed by atoms with Crippen molar-refractivity contribution in [2.45, 2.75) is 32.3 Å². The van der Waals surface area contributed by atoms with Crippen LogP contribution in [0.15, 0.2) is 18.2 Å². The lowest BCUT2D eigenvalue weighted by Gasteiger charge is -2.39. The van der Waals surface area contributed by atoms with Gasteiger partial charge < -0.3 is 14.9 Å². The minimum atomic E-state index is -0.749. The lowest BCUT2D eigenvalue weighted by molar-refractivity contribution is -0.0314. The number of aliphatic hydroxyl groups is 1. The molecule has 2 unspecified atom stereocenters. The number of benzene rings is 1. The number of halogens is 2. The molecule has 1 saturated heterocycles. The number of hydrogen-bond acceptors (Lipinski definition) is 3. The summed E-state index contributed by atoms with van der Waals surface area (Å²) in [6.45, 7) is 9.45. The molecule has 1 fully saturated rings. The molecule has 1 aromatic carbocycles. The van der Waals surface area contributed by atoms with E-state index >= 15 is 0 Å². The quantitative estimate of drug-likeness (QED) is 0.841. The third-order valence-corrected chi connectivity index (χ3v) is 5.76. The zero-order valence-corrected chi connectivity index (χ0v) is 15.9. The molecule has 1 N–H and O–H groups in total. The molecule has 1 aliphatic rings. The minimum absolute atomic E-state index is 0.183. The Bertz CT molecular complexity index is 518. The summed E-state index contributed by atoms with van der Waals surface area (Å²) in [5.41, 5.74) is 0.214. The van der Waals surface area contributed by atoms with Gasteiger partial charge in [-0.3, -0.25) is 0 Å². The summed E-state index contributed by atoms with van der Waals surface area (Å²) in [5.74, 6) is 0.183. The predicted molar refractivity (Wildman–Crippen MR) is 98.5 cm³/mol. The van der Waals surface area contributed by atoms with Crippen LogP contribution in [0.5, 0.6) is 0 Å². The van der Waals surface area contributed by atoms with Crippen LogP contribution in [-0.2, 0) is 6.42 Å². The van der Waals surface area contributed by atoms with Crippen LogP contribution in [-0.4, -0.2) is 60.3 Å². The molecule has 1 aromatic rings. The highest BCUT2D eigenvalue weighted by molar-refractivity contribution is 6.35. The second kappa shape index (κ2) is 8.17. The van der Waals surface area contributed by atoms with Crippen LogP contribution in [0, 0.1) is 5.92 Å². The summed E-state index contributed by atoms with van der Waals surface area (Å²) in [6, 6.07) is 5.51. The van der Waals surface area contributed by atoms with Crippen LogP contribution in [0.3, 0.4) is 0 Å². The van der Waals surface area contributed by atoms with Gasteiger partial charge in [-0.05, 0) is 37.1 Å². The molecule has 0 aliphatic carbocycles. The Morgan fingerprint density at radius 3 is 2.43 bits per heavy atom. The van der Waals surface area contributed by atoms with Gasteiger partial charge in [0, 0.05) is 49.2 Å². The van der Waals surface area contributed by atoms with Crippen molar-refractivity contribution in [1.82, 2.24) is 9.80 Å². The van der Waals surface area contributed by atoms with E-state index in [0.717, 1.165) is 38.3 Å². The van der Waals surface area contributed by atoms with Crippen LogP contribution in [0.1, 0.15) is 25.8 Å². The highest BCUT2D eigenvalue weighted by Gasteiger charge is 2.34. The molecule has 23 heavy (non-hydrogen) atoms. The van der Waals surface area contributed by atoms with Gasteiger partial charge >= 0.3 is 0 Å². The van der Waals surface area contributed by atoms with Gasteiger partial charge in [-0.15, -0.1) is 0 Å². The SMILES string of the molecule is CCC(O)(Cc1ccc(Cl)cc1Cl)C(C)CN1CCN(C)CC1. The summed E-state index contributed by atoms with van der Waals surface area (Å²) < 4.78 is 0. The van der Waals surface area contributed by atoms with E-state index in [0.29, 0.717) is 22.9 Å². The molecule has 0 spiro atoms. The van der Waals surface area contributed by atoms with E-state index in [-0.39, 0.29) is 5.92 Å². The third-order valence-electron chi connectivity index (χ3n) is 5.17. The first kappa shape index (κ1) is 19.0. The van der Waals surface area contributed by atoms with Crippen molar-refractivity contribution < 1.29 is 5.11 Å². The highest BCUT2D eigenvalue weighted by Crippen LogP contribution is 2.31. The predicted octanol–water partition coefficient (Wildman–Crippen LogP) is 3.56. The Morgan fingerprint density at radius 2 is 1.87 bits per heavy atom. The van der Waals surface area contributed by atoms with Crippen molar-refractivity contribution in [3.05, 3.63) is 33.8 Å². The van der Waals surface area contributed by atoms with E-state index in [1.807, 2.05) is 19.1 Å². The van der Waals surface area contributed by atoms with Crippen molar-refractivity contribution in [2.75, 3.05) is 39.8 Å². The fraction of sp³-hybridized carbons (Fsp3) is 0.667. The Balaban J connectivity index is 2.03. The Morgan fingerprint density at radius 1 is 1.22 bits per heavy atom. The second-order valence-electron chi connectivity index (χ2n) is 6.87. The van der Waals surface area contributed by atoms with Crippen LogP contribution < -0.4 is 0 Å². The molecule has 1 aliphatic heterocycles. The first-order chi connectivity index (χ1) is 10.8. The molecule has 0 aromatic heterocycles. The van der Waals surface area contributed by atoms with Gasteiger partial charge in [0.2, 0.25) is 0 Å². The van der Waals surface area contributed by atoms with E-state index in [9.17, 15) is 5.11 Å². The van der Waals surface area contributed by atoms with E-state index in [4.69, 9.17) is 23.2 Å². The van der Waals surface area contributed by atoms with Gasteiger partial charge in [-0.1, -0.05) is 43.1 Å². The lowest BCUT2D eigenvalue weighted by Crippen LogP contribution is -2.50. The molecule has 130 valence electrons. The molecule has 1 heterocycles. The monoisotopic (exact) mass is 358 g/mol. The summed E-state index contributed by atoms with van der Waals surface area (Å²) in [5, 5.41) is 12.5. The molecule has 3 nitrogen and oxygen atoms in total. The molecule has 0 saturated carbocycles. The summed E-state index contributed by atoms with van der Waals surface area (Å²) in [6.07, 6.45) is 1.27. The smallest absolute Gasteiger partial charge is 0.0723 e. The molecule has 2 atom stereocenters. The summed E-state index contributed by atoms with van der Waals surface area (Å²) >= 11 is 12.3. The first-order valence-corrected chi connectivity index (χ1v) is 9.17. The third kappa shape index (κ3) is 5.07. The molecule has 0 bridgehead atoms. The Hall–Kier alpha value is -0.320. The minimum Gasteiger partial charge on any atom is -0.389 e. The maximum Gasteiger partial charge on any atom is 0.0723 e. The van der Waals surface area contributed by atoms with Crippen molar-refractivity contribution >= 4 is 23.2 Å². The zero-order valence-electron chi connectivity index (χ0n) is 14.4. The van der Waals surface area contributed by atoms with E-state index in [1.54, 1.807) is 6.07 Å². The average molecular weight is 359 g/mol. The van der Waals surface area contributed by atoms with Crippen molar-refractivity contribution in [3.63, 3.8) is 0 Å². The lowest BCUT2D eigenvalue weighted by atomic mass is 9.80. The van der Waals surface area contributed by atoms with Crippen molar-refractivity contribution in [3.8, 4) is 0 Å². The first-order valence-electron chi connectivity index (χ1n) is 8.41. The Kier molecular flexibility index (Phi) is 6.76. The van der Waals surface area contributed by atoms with Crippen LogP contribution >= 0.6 is 23.2 Å². The van der Waals surface area contributed by atoms with Crippen LogP contribution in [0.2, 0.25) is 10.0 Å². The van der Waals surface area contributed by atoms with E-state index in [2.05, 4.69) is 23.8 Å². The Labute approximate surface area is 150 Å². The maximum absolute atomic E-state index is 11.2. The van der Waals surface area contributed by atoms with Crippen LogP contribution in [0.25, 0.3) is 0 Å². The largest absolute Gasteiger partial charge is 0.389 e. The van der Waals surface area contributed by atoms with E-state index < -0.39 is 5.60 Å². The molecule has 0 amide bonds. The number of rotatable bonds is 6.